The van der Waals surface area contributed by atoms with Crippen molar-refractivity contribution < 1.29 is 22.7 Å². The minimum Gasteiger partial charge on any atom is -0.495 e. The number of halogens is 1. The number of benzene rings is 4. The Morgan fingerprint density at radius 1 is 0.848 bits per heavy atom. The van der Waals surface area contributed by atoms with Gasteiger partial charge < -0.3 is 15.0 Å². The molecule has 0 radical (unpaired) electrons. The van der Waals surface area contributed by atoms with E-state index in [9.17, 15) is 18.0 Å². The van der Waals surface area contributed by atoms with Gasteiger partial charge in [-0.05, 0) is 80.8 Å². The summed E-state index contributed by atoms with van der Waals surface area (Å²) in [5, 5.41) is 2.97. The minimum absolute atomic E-state index is 0.0345. The van der Waals surface area contributed by atoms with E-state index in [1.165, 1.54) is 24.1 Å². The van der Waals surface area contributed by atoms with Crippen LogP contribution in [-0.2, 0) is 32.6 Å². The van der Waals surface area contributed by atoms with Crippen LogP contribution in [0.4, 0.5) is 5.69 Å². The molecule has 2 amide bonds. The van der Waals surface area contributed by atoms with Gasteiger partial charge in [0.2, 0.25) is 11.8 Å². The van der Waals surface area contributed by atoms with E-state index in [4.69, 9.17) is 4.74 Å². The second kappa shape index (κ2) is 15.4. The van der Waals surface area contributed by atoms with Crippen LogP contribution in [0.25, 0.3) is 0 Å². The van der Waals surface area contributed by atoms with Gasteiger partial charge in [0.25, 0.3) is 10.0 Å². The molecule has 0 saturated carbocycles. The second-order valence-corrected chi connectivity index (χ2v) is 14.3. The largest absolute Gasteiger partial charge is 0.495 e. The van der Waals surface area contributed by atoms with Gasteiger partial charge in [0.05, 0.1) is 17.7 Å². The Morgan fingerprint density at radius 3 is 2.09 bits per heavy atom. The highest BCUT2D eigenvalue weighted by molar-refractivity contribution is 9.10. The van der Waals surface area contributed by atoms with Crippen molar-refractivity contribution in [2.24, 2.45) is 0 Å². The molecule has 0 unspecified atom stereocenters. The molecule has 8 nitrogen and oxygen atoms in total. The first-order valence-corrected chi connectivity index (χ1v) is 17.2. The fraction of sp³-hybridized carbons (Fsp3) is 0.278. The number of hydrogen-bond acceptors (Lipinski definition) is 5. The molecule has 0 bridgehead atoms. The molecule has 242 valence electrons. The average Bonchev–Trinajstić information content (AvgIpc) is 3.02. The fourth-order valence-corrected chi connectivity index (χ4v) is 6.75. The molecule has 1 atom stereocenters. The van der Waals surface area contributed by atoms with Crippen molar-refractivity contribution in [3.63, 3.8) is 0 Å². The van der Waals surface area contributed by atoms with Crippen LogP contribution in [-0.4, -0.2) is 50.9 Å². The van der Waals surface area contributed by atoms with Gasteiger partial charge in [-0.3, -0.25) is 13.9 Å². The number of nitrogens with zero attached hydrogens (tertiary/aromatic N) is 2. The van der Waals surface area contributed by atoms with Crippen molar-refractivity contribution in [2.45, 2.75) is 57.6 Å². The van der Waals surface area contributed by atoms with Crippen LogP contribution in [0.5, 0.6) is 5.75 Å². The number of ether oxygens (including phenoxy) is 1. The lowest BCUT2D eigenvalue weighted by molar-refractivity contribution is -0.140. The van der Waals surface area contributed by atoms with Crippen LogP contribution in [0, 0.1) is 13.8 Å². The third kappa shape index (κ3) is 8.76. The molecule has 0 aliphatic rings. The predicted molar refractivity (Wildman–Crippen MR) is 185 cm³/mol. The molecule has 46 heavy (non-hydrogen) atoms. The second-order valence-electron chi connectivity index (χ2n) is 11.5. The normalized spacial score (nSPS) is 12.0. The molecule has 0 spiro atoms. The third-order valence-electron chi connectivity index (χ3n) is 7.46. The number of carbonyl (C=O) groups excluding carboxylic acids is 2. The number of methoxy groups -OCH3 is 1. The zero-order chi connectivity index (χ0) is 33.4. The van der Waals surface area contributed by atoms with E-state index in [-0.39, 0.29) is 35.5 Å². The Balaban J connectivity index is 1.85. The monoisotopic (exact) mass is 705 g/mol. The summed E-state index contributed by atoms with van der Waals surface area (Å²) in [5.41, 5.74) is 3.57. The van der Waals surface area contributed by atoms with Gasteiger partial charge in [-0.1, -0.05) is 82.2 Å². The molecular weight excluding hydrogens is 666 g/mol. The van der Waals surface area contributed by atoms with Crippen LogP contribution in [0.1, 0.15) is 36.1 Å². The highest BCUT2D eigenvalue weighted by Gasteiger charge is 2.35. The zero-order valence-corrected chi connectivity index (χ0v) is 29.1. The fourth-order valence-electron chi connectivity index (χ4n) is 5.07. The van der Waals surface area contributed by atoms with Crippen molar-refractivity contribution in [2.75, 3.05) is 18.0 Å². The lowest BCUT2D eigenvalue weighted by Gasteiger charge is -2.34. The highest BCUT2D eigenvalue weighted by atomic mass is 79.9. The predicted octanol–water partition coefficient (Wildman–Crippen LogP) is 6.43. The molecule has 0 heterocycles. The maximum absolute atomic E-state index is 14.6. The third-order valence-corrected chi connectivity index (χ3v) is 9.76. The van der Waals surface area contributed by atoms with E-state index >= 15 is 0 Å². The number of rotatable bonds is 13. The average molecular weight is 707 g/mol. The molecule has 10 heteroatoms. The summed E-state index contributed by atoms with van der Waals surface area (Å²) in [7, 11) is -2.80. The standard InChI is InChI=1S/C36H40BrN3O5S/c1-25(2)38-36(42)33(22-28-9-7-6-8-10-28)39(23-29-14-16-30(37)17-15-29)35(41)24-40(32-21-27(4)13-20-34(32)45-5)46(43,44)31-18-11-26(3)12-19-31/h6-21,25,33H,22-24H2,1-5H3,(H,38,42)/t33-/m0/s1. The van der Waals surface area contributed by atoms with Crippen LogP contribution in [0.15, 0.2) is 106 Å². The molecule has 1 N–H and O–H groups in total. The van der Waals surface area contributed by atoms with E-state index in [1.54, 1.807) is 24.3 Å². The number of aryl methyl sites for hydroxylation is 2. The van der Waals surface area contributed by atoms with Gasteiger partial charge in [0.1, 0.15) is 18.3 Å². The van der Waals surface area contributed by atoms with Crippen LogP contribution < -0.4 is 14.4 Å². The summed E-state index contributed by atoms with van der Waals surface area (Å²) in [4.78, 5) is 30.0. The van der Waals surface area contributed by atoms with Crippen molar-refractivity contribution in [3.8, 4) is 5.75 Å². The summed E-state index contributed by atoms with van der Waals surface area (Å²) in [5.74, 6) is -0.570. The Hall–Kier alpha value is -4.15. The van der Waals surface area contributed by atoms with E-state index < -0.39 is 28.5 Å². The Bertz CT molecular complexity index is 1750. The van der Waals surface area contributed by atoms with Gasteiger partial charge >= 0.3 is 0 Å². The Morgan fingerprint density at radius 2 is 1.48 bits per heavy atom. The summed E-state index contributed by atoms with van der Waals surface area (Å²) in [6.45, 7) is 6.95. The van der Waals surface area contributed by atoms with Crippen LogP contribution >= 0.6 is 15.9 Å². The van der Waals surface area contributed by atoms with Crippen molar-refractivity contribution in [1.82, 2.24) is 10.2 Å². The van der Waals surface area contributed by atoms with Gasteiger partial charge in [-0.15, -0.1) is 0 Å². The number of hydrogen-bond donors (Lipinski definition) is 1. The first kappa shape index (κ1) is 34.7. The SMILES string of the molecule is COc1ccc(C)cc1N(CC(=O)N(Cc1ccc(Br)cc1)[C@@H](Cc1ccccc1)C(=O)NC(C)C)S(=O)(=O)c1ccc(C)cc1. The number of sulfonamides is 1. The molecule has 4 aromatic carbocycles. The van der Waals surface area contributed by atoms with E-state index in [1.807, 2.05) is 88.4 Å². The van der Waals surface area contributed by atoms with E-state index in [2.05, 4.69) is 21.2 Å². The van der Waals surface area contributed by atoms with Crippen LogP contribution in [0.3, 0.4) is 0 Å². The van der Waals surface area contributed by atoms with Crippen molar-refractivity contribution >= 4 is 43.5 Å². The van der Waals surface area contributed by atoms with Gasteiger partial charge in [0, 0.05) is 23.5 Å². The minimum atomic E-state index is -4.25. The maximum atomic E-state index is 14.6. The number of amides is 2. The Labute approximate surface area is 280 Å². The van der Waals surface area contributed by atoms with Crippen molar-refractivity contribution in [3.05, 3.63) is 124 Å². The van der Waals surface area contributed by atoms with Gasteiger partial charge in [-0.2, -0.15) is 0 Å². The number of anilines is 1. The quantitative estimate of drug-likeness (QED) is 0.173. The topological polar surface area (TPSA) is 96.0 Å². The highest BCUT2D eigenvalue weighted by Crippen LogP contribution is 2.34. The summed E-state index contributed by atoms with van der Waals surface area (Å²) in [6, 6.07) is 27.5. The van der Waals surface area contributed by atoms with E-state index in [0.717, 1.165) is 31.0 Å². The number of carbonyl (C=O) groups is 2. The molecule has 4 rings (SSSR count). The molecule has 0 saturated heterocycles. The zero-order valence-electron chi connectivity index (χ0n) is 26.7. The van der Waals surface area contributed by atoms with Crippen molar-refractivity contribution in [1.29, 1.82) is 0 Å². The summed E-state index contributed by atoms with van der Waals surface area (Å²) in [6.07, 6.45) is 0.236. The Kier molecular flexibility index (Phi) is 11.6. The molecule has 0 aromatic heterocycles. The summed E-state index contributed by atoms with van der Waals surface area (Å²) < 4.78 is 36.2. The number of nitrogens with one attached hydrogen (secondary N) is 1. The smallest absolute Gasteiger partial charge is 0.264 e. The molecule has 0 fully saturated rings. The lowest BCUT2D eigenvalue weighted by Crippen LogP contribution is -2.54. The first-order chi connectivity index (χ1) is 21.9. The molecular formula is C36H40BrN3O5S. The summed E-state index contributed by atoms with van der Waals surface area (Å²) >= 11 is 3.46. The lowest BCUT2D eigenvalue weighted by atomic mass is 10.0. The maximum Gasteiger partial charge on any atom is 0.264 e. The molecule has 0 aliphatic carbocycles. The van der Waals surface area contributed by atoms with Gasteiger partial charge in [-0.25, -0.2) is 8.42 Å². The van der Waals surface area contributed by atoms with E-state index in [0.29, 0.717) is 5.75 Å². The van der Waals surface area contributed by atoms with Crippen LogP contribution in [0.2, 0.25) is 0 Å². The van der Waals surface area contributed by atoms with Gasteiger partial charge in [0.15, 0.2) is 0 Å². The first-order valence-electron chi connectivity index (χ1n) is 15.0. The molecule has 4 aromatic rings. The molecule has 0 aliphatic heterocycles.